The van der Waals surface area contributed by atoms with Gasteiger partial charge in [-0.25, -0.2) is 4.39 Å². The van der Waals surface area contributed by atoms with E-state index in [9.17, 15) is 19.2 Å². The number of unbranched alkanes of at least 4 members (excludes halogenated alkanes) is 2. The summed E-state index contributed by atoms with van der Waals surface area (Å²) in [7, 11) is 0. The number of pyridine rings is 1. The number of aromatic nitrogens is 1. The third-order valence-electron chi connectivity index (χ3n) is 5.44. The number of nitrogens with zero attached hydrogens (tertiary/aromatic N) is 2. The van der Waals surface area contributed by atoms with Gasteiger partial charge < -0.3 is 4.79 Å². The van der Waals surface area contributed by atoms with E-state index >= 15 is 0 Å². The van der Waals surface area contributed by atoms with E-state index in [2.05, 4.69) is 11.1 Å². The molecule has 194 valence electrons. The first-order valence-electron chi connectivity index (χ1n) is 12.6. The Morgan fingerprint density at radius 1 is 0.972 bits per heavy atom. The first kappa shape index (κ1) is 30.4. The van der Waals surface area contributed by atoms with E-state index in [0.717, 1.165) is 36.8 Å². The van der Waals surface area contributed by atoms with Crippen molar-refractivity contribution in [2.45, 2.75) is 73.1 Å². The predicted molar refractivity (Wildman–Crippen MR) is 149 cm³/mol. The van der Waals surface area contributed by atoms with Gasteiger partial charge in [-0.3, -0.25) is 9.78 Å². The second-order valence-electron chi connectivity index (χ2n) is 8.16. The molecule has 0 unspecified atom stereocenters. The third-order valence-corrected chi connectivity index (χ3v) is 5.44. The molecule has 0 bridgehead atoms. The molecule has 3 rings (SSSR count). The molecule has 1 aromatic heterocycles. The smallest absolute Gasteiger partial charge is 0.164 e. The van der Waals surface area contributed by atoms with E-state index in [-0.39, 0.29) is 20.2 Å². The normalized spacial score (nSPS) is 9.69. The van der Waals surface area contributed by atoms with Crippen molar-refractivity contribution < 1.29 is 16.8 Å². The monoisotopic (exact) mass is 492 g/mol. The van der Waals surface area contributed by atoms with Crippen LogP contribution in [0.1, 0.15) is 89.8 Å². The van der Waals surface area contributed by atoms with E-state index in [0.29, 0.717) is 35.4 Å². The lowest BCUT2D eigenvalue weighted by Crippen LogP contribution is -2.04. The molecule has 0 saturated heterocycles. The van der Waals surface area contributed by atoms with Gasteiger partial charge in [0.1, 0.15) is 11.6 Å². The Bertz CT molecular complexity index is 1180. The van der Waals surface area contributed by atoms with Crippen LogP contribution in [0.4, 0.5) is 4.39 Å². The van der Waals surface area contributed by atoms with Crippen LogP contribution in [-0.4, -0.2) is 16.6 Å². The van der Waals surface area contributed by atoms with E-state index in [1.807, 2.05) is 52.0 Å². The van der Waals surface area contributed by atoms with Gasteiger partial charge in [-0.05, 0) is 69.0 Å². The second kappa shape index (κ2) is 16.9. The van der Waals surface area contributed by atoms with Crippen molar-refractivity contribution in [1.29, 1.82) is 5.26 Å². The summed E-state index contributed by atoms with van der Waals surface area (Å²) >= 11 is 0. The number of Topliss-reactive ketones (excluding diaryl/α,β-unsaturated/α-hetero) is 2. The average Bonchev–Trinajstić information content (AvgIpc) is 2.89. The second-order valence-corrected chi connectivity index (χ2v) is 8.16. The van der Waals surface area contributed by atoms with Crippen molar-refractivity contribution in [3.05, 3.63) is 88.9 Å². The summed E-state index contributed by atoms with van der Waals surface area (Å²) in [6.07, 6.45) is 4.45. The molecule has 2 aromatic carbocycles. The van der Waals surface area contributed by atoms with Gasteiger partial charge in [0.25, 0.3) is 0 Å². The molecular weight excluding hydrogens is 451 g/mol. The highest BCUT2D eigenvalue weighted by molar-refractivity contribution is 5.97. The van der Waals surface area contributed by atoms with Crippen LogP contribution in [0.25, 0.3) is 11.3 Å². The van der Waals surface area contributed by atoms with Crippen LogP contribution in [0, 0.1) is 24.1 Å². The maximum Gasteiger partial charge on any atom is 0.164 e. The summed E-state index contributed by atoms with van der Waals surface area (Å²) in [6.45, 7) is 9.42. The summed E-state index contributed by atoms with van der Waals surface area (Å²) in [5, 5.41) is 9.21. The summed E-state index contributed by atoms with van der Waals surface area (Å²) in [4.78, 5) is 27.8. The molecular formula is C31H41FN2O2. The molecule has 3 aromatic rings. The molecule has 0 spiro atoms. The van der Waals surface area contributed by atoms with Crippen molar-refractivity contribution in [3.8, 4) is 17.3 Å². The molecule has 0 radical (unpaired) electrons. The Labute approximate surface area is 218 Å². The van der Waals surface area contributed by atoms with Gasteiger partial charge in [0.2, 0.25) is 0 Å². The standard InChI is InChI=1S/C21H22N2O2.C8H9F.C2H6.2H2/c1-15(24)8-4-3-5-11-21(25)18-12-13-20(23-16(18)2)19-10-7-6-9-17(19)14-22;1-2-7-4-3-5-8(9)6-7;1-2;;/h6-7,9-10,12-13H,3-5,8,11H2,1-2H3;3-6H,2H2,1H3;1-2H3;2*1H. The summed E-state index contributed by atoms with van der Waals surface area (Å²) < 4.78 is 12.4. The quantitative estimate of drug-likeness (QED) is 0.221. The van der Waals surface area contributed by atoms with Crippen LogP contribution in [0.3, 0.4) is 0 Å². The van der Waals surface area contributed by atoms with Crippen molar-refractivity contribution >= 4 is 11.6 Å². The maximum absolute atomic E-state index is 12.4. The van der Waals surface area contributed by atoms with Crippen LogP contribution in [0.2, 0.25) is 0 Å². The van der Waals surface area contributed by atoms with Crippen molar-refractivity contribution in [3.63, 3.8) is 0 Å². The van der Waals surface area contributed by atoms with E-state index in [1.54, 1.807) is 37.3 Å². The van der Waals surface area contributed by atoms with Gasteiger partial charge in [-0.1, -0.05) is 57.5 Å². The van der Waals surface area contributed by atoms with E-state index in [4.69, 9.17) is 0 Å². The number of nitriles is 1. The zero-order chi connectivity index (χ0) is 26.9. The number of carbonyl (C=O) groups excluding carboxylic acids is 2. The highest BCUT2D eigenvalue weighted by Gasteiger charge is 2.13. The Hall–Kier alpha value is -3.65. The lowest BCUT2D eigenvalue weighted by molar-refractivity contribution is -0.117. The molecule has 36 heavy (non-hydrogen) atoms. The fraction of sp³-hybridized carbons (Fsp3) is 0.355. The first-order valence-corrected chi connectivity index (χ1v) is 12.6. The summed E-state index contributed by atoms with van der Waals surface area (Å²) in [5.41, 5.74) is 4.40. The van der Waals surface area contributed by atoms with Crippen LogP contribution in [0.15, 0.2) is 60.7 Å². The van der Waals surface area contributed by atoms with Gasteiger partial charge in [-0.2, -0.15) is 5.26 Å². The lowest BCUT2D eigenvalue weighted by Gasteiger charge is -2.08. The highest BCUT2D eigenvalue weighted by Crippen LogP contribution is 2.23. The van der Waals surface area contributed by atoms with Crippen LogP contribution in [-0.2, 0) is 11.2 Å². The van der Waals surface area contributed by atoms with Crippen molar-refractivity contribution in [2.75, 3.05) is 0 Å². The minimum Gasteiger partial charge on any atom is -0.300 e. The zero-order valence-electron chi connectivity index (χ0n) is 22.1. The fourth-order valence-electron chi connectivity index (χ4n) is 3.54. The number of benzene rings is 2. The van der Waals surface area contributed by atoms with Crippen molar-refractivity contribution in [2.24, 2.45) is 0 Å². The maximum atomic E-state index is 12.4. The molecule has 0 saturated carbocycles. The van der Waals surface area contributed by atoms with Gasteiger partial charge in [0, 0.05) is 32.5 Å². The number of hydrogen-bond acceptors (Lipinski definition) is 4. The van der Waals surface area contributed by atoms with Crippen LogP contribution < -0.4 is 0 Å². The molecule has 0 amide bonds. The molecule has 0 fully saturated rings. The number of hydrogen-bond donors (Lipinski definition) is 0. The number of aryl methyl sites for hydroxylation is 2. The SMILES string of the molecule is CC.CC(=O)CCCCCC(=O)c1ccc(-c2ccccc2C#N)nc1C.CCc1cccc(F)c1.[HH].[HH]. The van der Waals surface area contributed by atoms with Gasteiger partial charge in [-0.15, -0.1) is 0 Å². The third kappa shape index (κ3) is 10.3. The first-order chi connectivity index (χ1) is 17.3. The minimum atomic E-state index is -0.144. The molecule has 5 heteroatoms. The number of carbonyl (C=O) groups is 2. The molecule has 0 atom stereocenters. The number of ketones is 2. The Kier molecular flexibility index (Phi) is 14.3. The Morgan fingerprint density at radius 3 is 2.25 bits per heavy atom. The lowest BCUT2D eigenvalue weighted by atomic mass is 10.00. The fourth-order valence-corrected chi connectivity index (χ4v) is 3.54. The molecule has 0 N–H and O–H groups in total. The van der Waals surface area contributed by atoms with E-state index < -0.39 is 0 Å². The number of halogens is 1. The predicted octanol–water partition coefficient (Wildman–Crippen LogP) is 8.56. The number of rotatable bonds is 9. The molecule has 0 aliphatic carbocycles. The topological polar surface area (TPSA) is 70.8 Å². The van der Waals surface area contributed by atoms with Gasteiger partial charge in [0.15, 0.2) is 5.78 Å². The Morgan fingerprint density at radius 2 is 1.67 bits per heavy atom. The van der Waals surface area contributed by atoms with Crippen LogP contribution >= 0.6 is 0 Å². The molecule has 1 heterocycles. The van der Waals surface area contributed by atoms with Gasteiger partial charge in [0.05, 0.1) is 17.3 Å². The summed E-state index contributed by atoms with van der Waals surface area (Å²) in [5.74, 6) is 0.127. The highest BCUT2D eigenvalue weighted by atomic mass is 19.1. The van der Waals surface area contributed by atoms with Crippen molar-refractivity contribution in [1.82, 2.24) is 4.98 Å². The van der Waals surface area contributed by atoms with E-state index in [1.165, 1.54) is 6.07 Å². The minimum absolute atomic E-state index is 0. The zero-order valence-corrected chi connectivity index (χ0v) is 22.1. The average molecular weight is 493 g/mol. The molecule has 0 aliphatic rings. The Balaban J connectivity index is 0. The van der Waals surface area contributed by atoms with Gasteiger partial charge >= 0.3 is 0 Å². The summed E-state index contributed by atoms with van der Waals surface area (Å²) in [6, 6.07) is 19.7. The van der Waals surface area contributed by atoms with Crippen LogP contribution in [0.5, 0.6) is 0 Å². The largest absolute Gasteiger partial charge is 0.300 e. The molecule has 0 aliphatic heterocycles. The molecule has 4 nitrogen and oxygen atoms in total.